The SMILES string of the molecule is C=CC(=O)N1CC[C@@H](N(C)c2nc(N3CC(N4CC5(CC5)C4)C3)nc3c(F)c(-c4ccc(F)c5sc(N)c(C#N)c45)ncc23)C1. The normalized spacial score (nSPS) is 20.8. The Morgan fingerprint density at radius 2 is 2.02 bits per heavy atom. The minimum absolute atomic E-state index is 0.0412. The summed E-state index contributed by atoms with van der Waals surface area (Å²) >= 11 is 0.955. The molecule has 13 heteroatoms. The van der Waals surface area contributed by atoms with Gasteiger partial charge >= 0.3 is 0 Å². The largest absolute Gasteiger partial charge is 0.389 e. The predicted octanol–water partition coefficient (Wildman–Crippen LogP) is 4.15. The highest BCUT2D eigenvalue weighted by Crippen LogP contribution is 2.54. The van der Waals surface area contributed by atoms with Crippen molar-refractivity contribution >= 4 is 55.0 Å². The molecule has 0 bridgehead atoms. The number of anilines is 3. The Labute approximate surface area is 262 Å². The van der Waals surface area contributed by atoms with E-state index < -0.39 is 11.6 Å². The van der Waals surface area contributed by atoms with Crippen LogP contribution in [0.3, 0.4) is 0 Å². The lowest BCUT2D eigenvalue weighted by Crippen LogP contribution is -2.66. The third-order valence-electron chi connectivity index (χ3n) is 10.1. The first-order valence-electron chi connectivity index (χ1n) is 15.1. The summed E-state index contributed by atoms with van der Waals surface area (Å²) in [5.74, 6) is -0.394. The van der Waals surface area contributed by atoms with Crippen LogP contribution in [0.4, 0.5) is 25.5 Å². The van der Waals surface area contributed by atoms with E-state index in [4.69, 9.17) is 15.7 Å². The summed E-state index contributed by atoms with van der Waals surface area (Å²) in [7, 11) is 1.90. The number of hydrogen-bond acceptors (Lipinski definition) is 10. The van der Waals surface area contributed by atoms with Gasteiger partial charge in [-0.2, -0.15) is 10.2 Å². The van der Waals surface area contributed by atoms with Crippen LogP contribution in [0.15, 0.2) is 31.0 Å². The summed E-state index contributed by atoms with van der Waals surface area (Å²) in [6.45, 7) is 8.49. The van der Waals surface area contributed by atoms with Gasteiger partial charge in [0.1, 0.15) is 33.9 Å². The number of nitrogen functional groups attached to an aromatic ring is 1. The number of nitrogens with two attached hydrogens (primary N) is 1. The molecular weight excluding hydrogens is 596 g/mol. The second-order valence-electron chi connectivity index (χ2n) is 12.8. The number of carbonyl (C=O) groups excluding carboxylic acids is 1. The summed E-state index contributed by atoms with van der Waals surface area (Å²) in [5.41, 5.74) is 7.03. The van der Waals surface area contributed by atoms with E-state index in [1.165, 1.54) is 37.2 Å². The van der Waals surface area contributed by atoms with E-state index in [1.54, 1.807) is 4.90 Å². The smallest absolute Gasteiger partial charge is 0.246 e. The zero-order chi connectivity index (χ0) is 31.2. The fourth-order valence-corrected chi connectivity index (χ4v) is 8.05. The summed E-state index contributed by atoms with van der Waals surface area (Å²) in [5, 5.41) is 10.6. The van der Waals surface area contributed by atoms with Crippen LogP contribution in [-0.4, -0.2) is 89.1 Å². The molecule has 0 radical (unpaired) electrons. The van der Waals surface area contributed by atoms with Crippen LogP contribution in [0.2, 0.25) is 0 Å². The standard InChI is InChI=1S/C32H31F2N9OS/c1-3-23(44)41-9-6-17(12-41)40(2)30-21-11-37-26(19-4-5-22(33)28-24(19)20(10-35)29(36)45-28)25(34)27(21)38-31(39-30)42-13-18(14-42)43-15-32(16-43)7-8-32/h3-5,11,17-18H,1,6-9,12-16,36H2,2H3/t17-/m1/s1. The number of halogens is 2. The Bertz CT molecular complexity index is 1950. The number of rotatable bonds is 6. The first-order chi connectivity index (χ1) is 21.7. The highest BCUT2D eigenvalue weighted by Gasteiger charge is 2.55. The molecule has 2 N–H and O–H groups in total. The molecule has 1 saturated carbocycles. The lowest BCUT2D eigenvalue weighted by atomic mass is 9.92. The number of amides is 1. The molecule has 3 aliphatic heterocycles. The molecule has 1 aromatic carbocycles. The molecular formula is C32H31F2N9OS. The summed E-state index contributed by atoms with van der Waals surface area (Å²) in [4.78, 5) is 34.8. The van der Waals surface area contributed by atoms with Crippen LogP contribution in [0.25, 0.3) is 32.2 Å². The highest BCUT2D eigenvalue weighted by molar-refractivity contribution is 7.23. The van der Waals surface area contributed by atoms with E-state index in [2.05, 4.69) is 21.4 Å². The van der Waals surface area contributed by atoms with Crippen LogP contribution in [0, 0.1) is 28.4 Å². The molecule has 4 aliphatic rings. The molecule has 1 atom stereocenters. The van der Waals surface area contributed by atoms with Gasteiger partial charge in [0.05, 0.1) is 15.6 Å². The Morgan fingerprint density at radius 3 is 2.73 bits per heavy atom. The topological polar surface area (TPSA) is 119 Å². The quantitative estimate of drug-likeness (QED) is 0.315. The minimum atomic E-state index is -0.683. The van der Waals surface area contributed by atoms with Crippen molar-refractivity contribution in [2.24, 2.45) is 5.41 Å². The maximum Gasteiger partial charge on any atom is 0.246 e. The van der Waals surface area contributed by atoms with E-state index in [9.17, 15) is 14.4 Å². The number of hydrogen-bond donors (Lipinski definition) is 1. The highest BCUT2D eigenvalue weighted by atomic mass is 32.1. The first-order valence-corrected chi connectivity index (χ1v) is 15.9. The average Bonchev–Trinajstić information content (AvgIpc) is 3.50. The monoisotopic (exact) mass is 627 g/mol. The van der Waals surface area contributed by atoms with Gasteiger partial charge < -0.3 is 20.4 Å². The Morgan fingerprint density at radius 1 is 1.24 bits per heavy atom. The molecule has 4 fully saturated rings. The molecule has 3 saturated heterocycles. The predicted molar refractivity (Wildman–Crippen MR) is 170 cm³/mol. The van der Waals surface area contributed by atoms with E-state index in [-0.39, 0.29) is 49.4 Å². The number of carbonyl (C=O) groups is 1. The van der Waals surface area contributed by atoms with Gasteiger partial charge in [0, 0.05) is 75.5 Å². The number of likely N-dealkylation sites (tertiary alicyclic amines) is 2. The van der Waals surface area contributed by atoms with Crippen molar-refractivity contribution in [3.05, 3.63) is 48.2 Å². The van der Waals surface area contributed by atoms with Gasteiger partial charge in [-0.25, -0.2) is 13.8 Å². The van der Waals surface area contributed by atoms with Gasteiger partial charge in [-0.1, -0.05) is 6.58 Å². The Hall–Kier alpha value is -4.41. The molecule has 8 rings (SSSR count). The Balaban J connectivity index is 1.21. The van der Waals surface area contributed by atoms with Gasteiger partial charge in [-0.15, -0.1) is 11.3 Å². The fourth-order valence-electron chi connectivity index (χ4n) is 7.10. The maximum atomic E-state index is 16.7. The number of nitriles is 1. The average molecular weight is 628 g/mol. The van der Waals surface area contributed by atoms with Crippen molar-refractivity contribution < 1.29 is 13.6 Å². The van der Waals surface area contributed by atoms with E-state index >= 15 is 4.39 Å². The fraction of sp³-hybridized carbons (Fsp3) is 0.406. The number of nitrogens with zero attached hydrogens (tertiary/aromatic N) is 8. The number of benzene rings is 1. The van der Waals surface area contributed by atoms with Crippen molar-refractivity contribution in [1.29, 1.82) is 5.26 Å². The lowest BCUT2D eigenvalue weighted by Gasteiger charge is -2.52. The molecule has 6 heterocycles. The van der Waals surface area contributed by atoms with Gasteiger partial charge in [0.25, 0.3) is 0 Å². The summed E-state index contributed by atoms with van der Waals surface area (Å²) in [6, 6.07) is 5.09. The van der Waals surface area contributed by atoms with Crippen molar-refractivity contribution in [2.45, 2.75) is 31.3 Å². The molecule has 4 aromatic rings. The molecule has 0 unspecified atom stereocenters. The van der Waals surface area contributed by atoms with Crippen molar-refractivity contribution in [3.8, 4) is 17.3 Å². The van der Waals surface area contributed by atoms with Gasteiger partial charge in [-0.3, -0.25) is 14.7 Å². The molecule has 10 nitrogen and oxygen atoms in total. The number of aromatic nitrogens is 3. The van der Waals surface area contributed by atoms with Crippen molar-refractivity contribution in [3.63, 3.8) is 0 Å². The first kappa shape index (κ1) is 28.1. The van der Waals surface area contributed by atoms with Crippen LogP contribution < -0.4 is 15.5 Å². The minimum Gasteiger partial charge on any atom is -0.389 e. The summed E-state index contributed by atoms with van der Waals surface area (Å²) < 4.78 is 31.7. The molecule has 1 aliphatic carbocycles. The Kier molecular flexibility index (Phi) is 6.27. The molecule has 1 amide bonds. The third-order valence-corrected chi connectivity index (χ3v) is 11.1. The van der Waals surface area contributed by atoms with Crippen LogP contribution in [0.5, 0.6) is 0 Å². The van der Waals surface area contributed by atoms with E-state index in [0.717, 1.165) is 43.9 Å². The molecule has 45 heavy (non-hydrogen) atoms. The van der Waals surface area contributed by atoms with Crippen molar-refractivity contribution in [1.82, 2.24) is 24.8 Å². The number of fused-ring (bicyclic) bond motifs is 2. The lowest BCUT2D eigenvalue weighted by molar-refractivity contribution is -0.125. The number of pyridine rings is 1. The van der Waals surface area contributed by atoms with Crippen molar-refractivity contribution in [2.75, 3.05) is 61.8 Å². The zero-order valence-corrected chi connectivity index (χ0v) is 25.6. The number of likely N-dealkylation sites (N-methyl/N-ethyl adjacent to an activating group) is 1. The molecule has 3 aromatic heterocycles. The van der Waals surface area contributed by atoms with Crippen LogP contribution >= 0.6 is 11.3 Å². The second kappa shape index (κ2) is 10.1. The second-order valence-corrected chi connectivity index (χ2v) is 13.8. The van der Waals surface area contributed by atoms with Gasteiger partial charge in [0.15, 0.2) is 5.82 Å². The van der Waals surface area contributed by atoms with E-state index in [0.29, 0.717) is 41.7 Å². The maximum absolute atomic E-state index is 16.7. The van der Waals surface area contributed by atoms with Gasteiger partial charge in [-0.05, 0) is 42.9 Å². The third kappa shape index (κ3) is 4.34. The van der Waals surface area contributed by atoms with Crippen LogP contribution in [0.1, 0.15) is 24.8 Å². The summed E-state index contributed by atoms with van der Waals surface area (Å²) in [6.07, 6.45) is 6.22. The van der Waals surface area contributed by atoms with Gasteiger partial charge in [0.2, 0.25) is 11.9 Å². The zero-order valence-electron chi connectivity index (χ0n) is 24.8. The molecule has 1 spiro atoms. The van der Waals surface area contributed by atoms with Crippen LogP contribution in [-0.2, 0) is 4.79 Å². The number of thiophene rings is 1. The van der Waals surface area contributed by atoms with E-state index in [1.807, 2.05) is 18.0 Å². The molecule has 230 valence electrons.